The Morgan fingerprint density at radius 1 is 1.59 bits per heavy atom. The summed E-state index contributed by atoms with van der Waals surface area (Å²) < 4.78 is 23.6. The second-order valence-electron chi connectivity index (χ2n) is 5.13. The lowest BCUT2D eigenvalue weighted by atomic mass is 9.95. The van der Waals surface area contributed by atoms with Crippen LogP contribution in [0.15, 0.2) is 0 Å². The van der Waals surface area contributed by atoms with E-state index in [2.05, 4.69) is 5.32 Å². The molecule has 3 atom stereocenters. The summed E-state index contributed by atoms with van der Waals surface area (Å²) in [7, 11) is -3.09. The Morgan fingerprint density at radius 3 is 2.71 bits per heavy atom. The van der Waals surface area contributed by atoms with Gasteiger partial charge in [0.05, 0.1) is 5.25 Å². The molecule has 1 fully saturated rings. The van der Waals surface area contributed by atoms with Crippen molar-refractivity contribution in [2.24, 2.45) is 5.73 Å². The third kappa shape index (κ3) is 3.40. The minimum Gasteiger partial charge on any atom is -0.396 e. The maximum atomic E-state index is 11.8. The number of sulfone groups is 1. The number of hydrogen-bond acceptors (Lipinski definition) is 5. The lowest BCUT2D eigenvalue weighted by Crippen LogP contribution is -2.61. The van der Waals surface area contributed by atoms with Gasteiger partial charge in [0.25, 0.3) is 0 Å². The average molecular weight is 264 g/mol. The van der Waals surface area contributed by atoms with E-state index in [0.29, 0.717) is 19.4 Å². The van der Waals surface area contributed by atoms with Crippen LogP contribution in [0, 0.1) is 0 Å². The first-order valence-electron chi connectivity index (χ1n) is 6.13. The molecule has 1 rings (SSSR count). The van der Waals surface area contributed by atoms with Crippen molar-refractivity contribution in [3.63, 3.8) is 0 Å². The van der Waals surface area contributed by atoms with Crippen molar-refractivity contribution >= 4 is 9.84 Å². The largest absolute Gasteiger partial charge is 0.396 e. The zero-order chi connectivity index (χ0) is 13.1. The molecule has 0 amide bonds. The summed E-state index contributed by atoms with van der Waals surface area (Å²) in [5.74, 6) is 0. The first-order chi connectivity index (χ1) is 7.85. The van der Waals surface area contributed by atoms with E-state index in [9.17, 15) is 8.42 Å². The SMILES string of the molecule is CC(CCO)NC1(CN)CCCC1S(C)(=O)=O. The first kappa shape index (κ1) is 14.9. The molecule has 1 aliphatic rings. The van der Waals surface area contributed by atoms with Crippen LogP contribution in [0.25, 0.3) is 0 Å². The molecule has 0 radical (unpaired) electrons. The number of nitrogens with one attached hydrogen (secondary N) is 1. The van der Waals surface area contributed by atoms with Crippen LogP contribution in [0.1, 0.15) is 32.6 Å². The van der Waals surface area contributed by atoms with Crippen molar-refractivity contribution < 1.29 is 13.5 Å². The molecule has 1 saturated carbocycles. The Labute approximate surface area is 104 Å². The highest BCUT2D eigenvalue weighted by Gasteiger charge is 2.47. The molecule has 6 heteroatoms. The third-order valence-electron chi connectivity index (χ3n) is 3.68. The maximum Gasteiger partial charge on any atom is 0.152 e. The number of nitrogens with two attached hydrogens (primary N) is 1. The first-order valence-corrected chi connectivity index (χ1v) is 8.08. The molecule has 0 aromatic rings. The molecular weight excluding hydrogens is 240 g/mol. The van der Waals surface area contributed by atoms with Gasteiger partial charge in [0, 0.05) is 31.0 Å². The summed E-state index contributed by atoms with van der Waals surface area (Å²) in [6.07, 6.45) is 4.24. The van der Waals surface area contributed by atoms with E-state index in [1.165, 1.54) is 6.26 Å². The Bertz CT molecular complexity index is 345. The zero-order valence-corrected chi connectivity index (χ0v) is 11.5. The van der Waals surface area contributed by atoms with Gasteiger partial charge in [-0.3, -0.25) is 0 Å². The van der Waals surface area contributed by atoms with Gasteiger partial charge in [0.1, 0.15) is 0 Å². The molecule has 0 aliphatic heterocycles. The zero-order valence-electron chi connectivity index (χ0n) is 10.6. The predicted molar refractivity (Wildman–Crippen MR) is 68.6 cm³/mol. The van der Waals surface area contributed by atoms with E-state index in [0.717, 1.165) is 12.8 Å². The number of hydrogen-bond donors (Lipinski definition) is 3. The molecule has 0 bridgehead atoms. The topological polar surface area (TPSA) is 92.4 Å². The van der Waals surface area contributed by atoms with E-state index in [4.69, 9.17) is 10.8 Å². The molecule has 0 spiro atoms. The lowest BCUT2D eigenvalue weighted by molar-refractivity contribution is 0.238. The number of aliphatic hydroxyl groups is 1. The summed E-state index contributed by atoms with van der Waals surface area (Å²) in [6.45, 7) is 2.37. The van der Waals surface area contributed by atoms with Crippen LogP contribution in [-0.4, -0.2) is 49.8 Å². The molecule has 0 aromatic heterocycles. The van der Waals surface area contributed by atoms with Gasteiger partial charge in [-0.25, -0.2) is 8.42 Å². The van der Waals surface area contributed by atoms with Crippen molar-refractivity contribution in [2.45, 2.75) is 49.4 Å². The van der Waals surface area contributed by atoms with E-state index < -0.39 is 20.6 Å². The monoisotopic (exact) mass is 264 g/mol. The van der Waals surface area contributed by atoms with Gasteiger partial charge in [0.15, 0.2) is 9.84 Å². The van der Waals surface area contributed by atoms with Gasteiger partial charge >= 0.3 is 0 Å². The van der Waals surface area contributed by atoms with Crippen LogP contribution in [0.5, 0.6) is 0 Å². The minimum atomic E-state index is -3.09. The molecule has 17 heavy (non-hydrogen) atoms. The quantitative estimate of drug-likeness (QED) is 0.609. The van der Waals surface area contributed by atoms with Gasteiger partial charge < -0.3 is 16.2 Å². The molecule has 0 saturated heterocycles. The van der Waals surface area contributed by atoms with Crippen molar-refractivity contribution in [3.05, 3.63) is 0 Å². The summed E-state index contributed by atoms with van der Waals surface area (Å²) in [6, 6.07) is 0.0749. The standard InChI is InChI=1S/C11H24N2O3S/c1-9(5-7-14)13-11(8-12)6-3-4-10(11)17(2,15)16/h9-10,13-14H,3-8,12H2,1-2H3. The second-order valence-corrected chi connectivity index (χ2v) is 7.36. The van der Waals surface area contributed by atoms with Crippen molar-refractivity contribution in [1.82, 2.24) is 5.32 Å². The molecule has 3 unspecified atom stereocenters. The summed E-state index contributed by atoms with van der Waals surface area (Å²) >= 11 is 0. The normalized spacial score (nSPS) is 31.6. The van der Waals surface area contributed by atoms with E-state index in [1.54, 1.807) is 0 Å². The molecule has 0 heterocycles. The van der Waals surface area contributed by atoms with E-state index in [-0.39, 0.29) is 12.6 Å². The van der Waals surface area contributed by atoms with Crippen LogP contribution in [0.4, 0.5) is 0 Å². The second kappa shape index (κ2) is 5.65. The molecule has 1 aliphatic carbocycles. The fourth-order valence-corrected chi connectivity index (χ4v) is 4.57. The van der Waals surface area contributed by atoms with Crippen LogP contribution < -0.4 is 11.1 Å². The minimum absolute atomic E-state index is 0.0749. The summed E-state index contributed by atoms with van der Waals surface area (Å²) in [5.41, 5.74) is 5.30. The van der Waals surface area contributed by atoms with Crippen molar-refractivity contribution in [2.75, 3.05) is 19.4 Å². The smallest absolute Gasteiger partial charge is 0.152 e. The fraction of sp³-hybridized carbons (Fsp3) is 1.00. The molecular formula is C11H24N2O3S. The predicted octanol–water partition coefficient (Wildman–Crippen LogP) is -0.358. The van der Waals surface area contributed by atoms with Gasteiger partial charge in [-0.2, -0.15) is 0 Å². The van der Waals surface area contributed by atoms with E-state index >= 15 is 0 Å². The highest BCUT2D eigenvalue weighted by molar-refractivity contribution is 7.91. The highest BCUT2D eigenvalue weighted by Crippen LogP contribution is 2.34. The molecule has 0 aromatic carbocycles. The van der Waals surface area contributed by atoms with Gasteiger partial charge in [-0.15, -0.1) is 0 Å². The Balaban J connectivity index is 2.86. The van der Waals surface area contributed by atoms with Crippen molar-refractivity contribution in [1.29, 1.82) is 0 Å². The summed E-state index contributed by atoms with van der Waals surface area (Å²) in [4.78, 5) is 0. The van der Waals surface area contributed by atoms with Crippen LogP contribution in [0.3, 0.4) is 0 Å². The van der Waals surface area contributed by atoms with Crippen LogP contribution in [0.2, 0.25) is 0 Å². The Kier molecular flexibility index (Phi) is 4.95. The summed E-state index contributed by atoms with van der Waals surface area (Å²) in [5, 5.41) is 11.8. The van der Waals surface area contributed by atoms with Gasteiger partial charge in [-0.05, 0) is 26.2 Å². The average Bonchev–Trinajstić information content (AvgIpc) is 2.62. The fourth-order valence-electron chi connectivity index (χ4n) is 2.88. The van der Waals surface area contributed by atoms with Crippen LogP contribution in [-0.2, 0) is 9.84 Å². The highest BCUT2D eigenvalue weighted by atomic mass is 32.2. The lowest BCUT2D eigenvalue weighted by Gasteiger charge is -2.37. The Morgan fingerprint density at radius 2 is 2.24 bits per heavy atom. The van der Waals surface area contributed by atoms with Crippen molar-refractivity contribution in [3.8, 4) is 0 Å². The Hall–Kier alpha value is -0.170. The van der Waals surface area contributed by atoms with Gasteiger partial charge in [-0.1, -0.05) is 6.42 Å². The molecule has 102 valence electrons. The van der Waals surface area contributed by atoms with E-state index in [1.807, 2.05) is 6.92 Å². The van der Waals surface area contributed by atoms with Gasteiger partial charge in [0.2, 0.25) is 0 Å². The molecule has 5 nitrogen and oxygen atoms in total. The molecule has 4 N–H and O–H groups in total. The third-order valence-corrected chi connectivity index (χ3v) is 5.40. The maximum absolute atomic E-state index is 11.8. The van der Waals surface area contributed by atoms with Crippen LogP contribution >= 0.6 is 0 Å². The number of rotatable bonds is 6. The number of aliphatic hydroxyl groups excluding tert-OH is 1.